The predicted octanol–water partition coefficient (Wildman–Crippen LogP) is 6.72. The number of aryl methyl sites for hydroxylation is 1. The van der Waals surface area contributed by atoms with Gasteiger partial charge in [0.2, 0.25) is 0 Å². The van der Waals surface area contributed by atoms with Crippen LogP contribution in [0.5, 0.6) is 0 Å². The molecule has 206 valence electrons. The highest BCUT2D eigenvalue weighted by Gasteiger charge is 2.43. The first-order valence-electron chi connectivity index (χ1n) is 15.4. The Balaban J connectivity index is 1.19. The van der Waals surface area contributed by atoms with Crippen LogP contribution in [0, 0.1) is 23.7 Å². The minimum Gasteiger partial charge on any atom is -0.480 e. The maximum atomic E-state index is 12.5. The summed E-state index contributed by atoms with van der Waals surface area (Å²) < 4.78 is 0. The van der Waals surface area contributed by atoms with E-state index in [2.05, 4.69) is 77.4 Å². The van der Waals surface area contributed by atoms with Gasteiger partial charge in [-0.05, 0) is 86.4 Å². The van der Waals surface area contributed by atoms with Crippen LogP contribution in [0.25, 0.3) is 0 Å². The quantitative estimate of drug-likeness (QED) is 0.381. The lowest BCUT2D eigenvalue weighted by Crippen LogP contribution is -2.46. The molecular formula is C34H48N2O2. The first-order chi connectivity index (χ1) is 18.6. The Morgan fingerprint density at radius 2 is 1.53 bits per heavy atom. The van der Waals surface area contributed by atoms with Gasteiger partial charge in [0.25, 0.3) is 0 Å². The van der Waals surface area contributed by atoms with Crippen molar-refractivity contribution in [3.63, 3.8) is 0 Å². The molecule has 1 N–H and O–H groups in total. The van der Waals surface area contributed by atoms with Crippen molar-refractivity contribution >= 4 is 5.97 Å². The van der Waals surface area contributed by atoms with Crippen LogP contribution >= 0.6 is 0 Å². The lowest BCUT2D eigenvalue weighted by Gasteiger charge is -2.37. The molecule has 0 amide bonds. The molecule has 4 nitrogen and oxygen atoms in total. The van der Waals surface area contributed by atoms with Crippen LogP contribution in [-0.4, -0.2) is 59.6 Å². The summed E-state index contributed by atoms with van der Waals surface area (Å²) in [5, 5.41) is 10.3. The average Bonchev–Trinajstić information content (AvgIpc) is 3.36. The summed E-state index contributed by atoms with van der Waals surface area (Å²) in [6, 6.07) is 21.5. The predicted molar refractivity (Wildman–Crippen MR) is 155 cm³/mol. The van der Waals surface area contributed by atoms with Gasteiger partial charge in [-0.1, -0.05) is 86.8 Å². The monoisotopic (exact) mass is 516 g/mol. The van der Waals surface area contributed by atoms with E-state index in [1.54, 1.807) is 0 Å². The van der Waals surface area contributed by atoms with Crippen molar-refractivity contribution in [2.75, 3.05) is 32.7 Å². The molecule has 0 spiro atoms. The summed E-state index contributed by atoms with van der Waals surface area (Å²) in [4.78, 5) is 17.6. The van der Waals surface area contributed by atoms with E-state index in [1.807, 2.05) is 0 Å². The van der Waals surface area contributed by atoms with Crippen molar-refractivity contribution in [2.45, 2.75) is 76.7 Å². The normalized spacial score (nSPS) is 25.8. The summed E-state index contributed by atoms with van der Waals surface area (Å²) in [5.41, 5.74) is 2.85. The van der Waals surface area contributed by atoms with Gasteiger partial charge in [-0.3, -0.25) is 9.69 Å². The number of benzene rings is 2. The summed E-state index contributed by atoms with van der Waals surface area (Å²) in [6.07, 6.45) is 10.8. The molecule has 3 fully saturated rings. The van der Waals surface area contributed by atoms with E-state index in [4.69, 9.17) is 0 Å². The fourth-order valence-electron chi connectivity index (χ4n) is 7.81. The number of nitrogens with zero attached hydrogens (tertiary/aromatic N) is 2. The van der Waals surface area contributed by atoms with Gasteiger partial charge in [-0.2, -0.15) is 0 Å². The number of carboxylic acid groups (broad SMARTS) is 1. The van der Waals surface area contributed by atoms with Crippen LogP contribution < -0.4 is 0 Å². The lowest BCUT2D eigenvalue weighted by atomic mass is 9.81. The smallest absolute Gasteiger partial charge is 0.321 e. The average molecular weight is 517 g/mol. The number of hydrogen-bond acceptors (Lipinski definition) is 3. The second kappa shape index (κ2) is 13.3. The third-order valence-electron chi connectivity index (χ3n) is 10.1. The van der Waals surface area contributed by atoms with Gasteiger partial charge in [-0.15, -0.1) is 0 Å². The van der Waals surface area contributed by atoms with Crippen molar-refractivity contribution in [1.82, 2.24) is 9.80 Å². The van der Waals surface area contributed by atoms with E-state index in [0.717, 1.165) is 44.3 Å². The van der Waals surface area contributed by atoms with E-state index in [0.29, 0.717) is 17.8 Å². The minimum atomic E-state index is -0.602. The minimum absolute atomic E-state index is 0.310. The van der Waals surface area contributed by atoms with Crippen molar-refractivity contribution in [3.8, 4) is 0 Å². The van der Waals surface area contributed by atoms with Crippen LogP contribution in [0.15, 0.2) is 60.7 Å². The van der Waals surface area contributed by atoms with E-state index >= 15 is 0 Å². The number of likely N-dealkylation sites (tertiary alicyclic amines) is 2. The van der Waals surface area contributed by atoms with E-state index in [9.17, 15) is 9.90 Å². The zero-order valence-corrected chi connectivity index (χ0v) is 23.4. The number of carboxylic acids is 1. The molecular weight excluding hydrogens is 468 g/mol. The molecule has 2 aliphatic heterocycles. The molecule has 2 saturated heterocycles. The fraction of sp³-hybridized carbons (Fsp3) is 0.618. The highest BCUT2D eigenvalue weighted by Crippen LogP contribution is 2.39. The summed E-state index contributed by atoms with van der Waals surface area (Å²) in [5.74, 6) is 2.21. The molecule has 1 aliphatic carbocycles. The molecule has 4 heteroatoms. The second-order valence-corrected chi connectivity index (χ2v) is 12.6. The summed E-state index contributed by atoms with van der Waals surface area (Å²) in [6.45, 7) is 7.72. The molecule has 4 unspecified atom stereocenters. The summed E-state index contributed by atoms with van der Waals surface area (Å²) in [7, 11) is 0. The summed E-state index contributed by atoms with van der Waals surface area (Å²) >= 11 is 0. The van der Waals surface area contributed by atoms with E-state index < -0.39 is 5.97 Å². The van der Waals surface area contributed by atoms with Gasteiger partial charge in [0.15, 0.2) is 0 Å². The Labute approximate surface area is 230 Å². The van der Waals surface area contributed by atoms with Crippen LogP contribution in [-0.2, 0) is 11.2 Å². The number of hydrogen-bond donors (Lipinski definition) is 1. The second-order valence-electron chi connectivity index (χ2n) is 12.6. The van der Waals surface area contributed by atoms with E-state index in [1.165, 1.54) is 69.2 Å². The third kappa shape index (κ3) is 6.87. The van der Waals surface area contributed by atoms with E-state index in [-0.39, 0.29) is 6.04 Å². The first-order valence-corrected chi connectivity index (χ1v) is 15.4. The van der Waals surface area contributed by atoms with Crippen LogP contribution in [0.3, 0.4) is 0 Å². The molecule has 0 aromatic heterocycles. The molecule has 0 bridgehead atoms. The largest absolute Gasteiger partial charge is 0.480 e. The topological polar surface area (TPSA) is 43.8 Å². The molecule has 38 heavy (non-hydrogen) atoms. The Morgan fingerprint density at radius 3 is 2.18 bits per heavy atom. The van der Waals surface area contributed by atoms with Gasteiger partial charge in [-0.25, -0.2) is 0 Å². The van der Waals surface area contributed by atoms with Crippen molar-refractivity contribution in [2.24, 2.45) is 23.7 Å². The van der Waals surface area contributed by atoms with Crippen LogP contribution in [0.4, 0.5) is 0 Å². The van der Waals surface area contributed by atoms with Gasteiger partial charge in [0.05, 0.1) is 0 Å². The Bertz CT molecular complexity index is 982. The molecule has 2 aromatic carbocycles. The Kier molecular flexibility index (Phi) is 9.56. The number of rotatable bonds is 10. The van der Waals surface area contributed by atoms with Crippen molar-refractivity contribution in [3.05, 3.63) is 71.8 Å². The Morgan fingerprint density at radius 1 is 0.868 bits per heavy atom. The van der Waals surface area contributed by atoms with Crippen LogP contribution in [0.2, 0.25) is 0 Å². The van der Waals surface area contributed by atoms with Crippen molar-refractivity contribution in [1.29, 1.82) is 0 Å². The molecule has 5 rings (SSSR count). The molecule has 1 saturated carbocycles. The standard InChI is InChI=1S/C34H48N2O2/c1-26(17-18-27-11-5-2-6-12-27)28-19-21-35(22-20-28)23-31-24-36(25-32(31)29-13-7-3-8-14-29)33(34(37)38)30-15-9-4-10-16-30/h2-3,5-8,11-14,26,28,30-33H,4,9-10,15-25H2,1H3,(H,37,38). The number of piperidine rings is 1. The highest BCUT2D eigenvalue weighted by atomic mass is 16.4. The van der Waals surface area contributed by atoms with Gasteiger partial charge < -0.3 is 10.0 Å². The molecule has 4 atom stereocenters. The molecule has 2 aromatic rings. The van der Waals surface area contributed by atoms with Crippen LogP contribution in [0.1, 0.15) is 75.3 Å². The number of carbonyl (C=O) groups is 1. The molecule has 3 aliphatic rings. The van der Waals surface area contributed by atoms with Gasteiger partial charge in [0.1, 0.15) is 6.04 Å². The SMILES string of the molecule is CC(CCc1ccccc1)C1CCN(CC2CN(C(C(=O)O)C3CCCCC3)CC2c2ccccc2)CC1. The van der Waals surface area contributed by atoms with Gasteiger partial charge >= 0.3 is 5.97 Å². The first kappa shape index (κ1) is 27.4. The van der Waals surface area contributed by atoms with Gasteiger partial charge in [0, 0.05) is 25.6 Å². The molecule has 2 heterocycles. The zero-order valence-electron chi connectivity index (χ0n) is 23.4. The lowest BCUT2D eigenvalue weighted by molar-refractivity contribution is -0.145. The highest BCUT2D eigenvalue weighted by molar-refractivity contribution is 5.74. The maximum Gasteiger partial charge on any atom is 0.321 e. The fourth-order valence-corrected chi connectivity index (χ4v) is 7.81. The van der Waals surface area contributed by atoms with Crippen molar-refractivity contribution < 1.29 is 9.90 Å². The molecule has 0 radical (unpaired) electrons. The maximum absolute atomic E-state index is 12.5. The Hall–Kier alpha value is -2.17. The zero-order chi connectivity index (χ0) is 26.3. The third-order valence-corrected chi connectivity index (χ3v) is 10.1. The number of aliphatic carboxylic acids is 1.